The molecule has 1 aliphatic rings. The minimum atomic E-state index is 0.335. The lowest BCUT2D eigenvalue weighted by atomic mass is 9.82. The Hall–Kier alpha value is -0.690. The number of alkyl halides is 1. The molecule has 1 saturated carbocycles. The first kappa shape index (κ1) is 12.8. The second-order valence-electron chi connectivity index (χ2n) is 5.33. The Morgan fingerprint density at radius 1 is 1.29 bits per heavy atom. The molecule has 0 amide bonds. The van der Waals surface area contributed by atoms with E-state index in [1.165, 1.54) is 19.3 Å². The van der Waals surface area contributed by atoms with Gasteiger partial charge in [-0.15, -0.1) is 11.6 Å². The van der Waals surface area contributed by atoms with E-state index in [1.807, 2.05) is 30.3 Å². The van der Waals surface area contributed by atoms with Gasteiger partial charge in [-0.3, -0.25) is 0 Å². The summed E-state index contributed by atoms with van der Waals surface area (Å²) >= 11 is 6.10. The zero-order valence-electron chi connectivity index (χ0n) is 10.5. The Bertz CT molecular complexity index is 334. The third kappa shape index (κ3) is 3.64. The summed E-state index contributed by atoms with van der Waals surface area (Å²) in [6.07, 6.45) is 4.99. The van der Waals surface area contributed by atoms with Crippen molar-refractivity contribution >= 4 is 11.6 Å². The fourth-order valence-electron chi connectivity index (χ4n) is 2.34. The second-order valence-corrected chi connectivity index (χ2v) is 5.59. The average molecular weight is 253 g/mol. The highest BCUT2D eigenvalue weighted by molar-refractivity contribution is 6.18. The van der Waals surface area contributed by atoms with Gasteiger partial charge in [-0.2, -0.15) is 0 Å². The standard InChI is InChI=1S/C15H21ClO/c1-15(12-16,13-8-9-13)10-5-11-17-14-6-3-2-4-7-14/h2-4,6-7,13H,5,8-12H2,1H3. The lowest BCUT2D eigenvalue weighted by Crippen LogP contribution is -2.22. The Morgan fingerprint density at radius 2 is 2.00 bits per heavy atom. The van der Waals surface area contributed by atoms with Crippen LogP contribution in [0.4, 0.5) is 0 Å². The predicted molar refractivity (Wildman–Crippen MR) is 72.7 cm³/mol. The zero-order chi connectivity index (χ0) is 12.1. The van der Waals surface area contributed by atoms with Gasteiger partial charge < -0.3 is 4.74 Å². The van der Waals surface area contributed by atoms with E-state index in [-0.39, 0.29) is 0 Å². The minimum absolute atomic E-state index is 0.335. The predicted octanol–water partition coefficient (Wildman–Crippen LogP) is 4.50. The van der Waals surface area contributed by atoms with E-state index >= 15 is 0 Å². The first-order chi connectivity index (χ1) is 8.24. The summed E-state index contributed by atoms with van der Waals surface area (Å²) in [6, 6.07) is 10.0. The minimum Gasteiger partial charge on any atom is -0.494 e. The molecule has 2 heteroatoms. The summed E-state index contributed by atoms with van der Waals surface area (Å²) in [6.45, 7) is 3.11. The van der Waals surface area contributed by atoms with Gasteiger partial charge in [-0.05, 0) is 49.1 Å². The number of halogens is 1. The summed E-state index contributed by atoms with van der Waals surface area (Å²) in [5.74, 6) is 2.60. The Balaban J connectivity index is 1.69. The highest BCUT2D eigenvalue weighted by Crippen LogP contribution is 2.48. The molecular weight excluding hydrogens is 232 g/mol. The van der Waals surface area contributed by atoms with Crippen LogP contribution in [0, 0.1) is 11.3 Å². The first-order valence-electron chi connectivity index (χ1n) is 6.48. The zero-order valence-corrected chi connectivity index (χ0v) is 11.2. The molecule has 94 valence electrons. The quantitative estimate of drug-likeness (QED) is 0.513. The number of para-hydroxylation sites is 1. The van der Waals surface area contributed by atoms with Gasteiger partial charge >= 0.3 is 0 Å². The third-order valence-electron chi connectivity index (χ3n) is 3.77. The summed E-state index contributed by atoms with van der Waals surface area (Å²) < 4.78 is 5.70. The Labute approximate surface area is 109 Å². The normalized spacial score (nSPS) is 18.7. The highest BCUT2D eigenvalue weighted by atomic mass is 35.5. The van der Waals surface area contributed by atoms with Gasteiger partial charge in [0.2, 0.25) is 0 Å². The van der Waals surface area contributed by atoms with E-state index in [0.717, 1.165) is 30.6 Å². The molecule has 17 heavy (non-hydrogen) atoms. The van der Waals surface area contributed by atoms with Crippen molar-refractivity contribution in [2.45, 2.75) is 32.6 Å². The van der Waals surface area contributed by atoms with Gasteiger partial charge in [-0.25, -0.2) is 0 Å². The molecule has 1 atom stereocenters. The molecule has 0 spiro atoms. The number of ether oxygens (including phenoxy) is 1. The van der Waals surface area contributed by atoms with Gasteiger partial charge in [0.05, 0.1) is 6.61 Å². The maximum atomic E-state index is 6.10. The van der Waals surface area contributed by atoms with Crippen LogP contribution >= 0.6 is 11.6 Å². The van der Waals surface area contributed by atoms with Gasteiger partial charge in [0.15, 0.2) is 0 Å². The monoisotopic (exact) mass is 252 g/mol. The smallest absolute Gasteiger partial charge is 0.119 e. The molecule has 1 nitrogen and oxygen atoms in total. The molecule has 0 radical (unpaired) electrons. The lowest BCUT2D eigenvalue weighted by molar-refractivity contribution is 0.236. The van der Waals surface area contributed by atoms with Crippen LogP contribution in [0.1, 0.15) is 32.6 Å². The Morgan fingerprint density at radius 3 is 2.59 bits per heavy atom. The molecule has 0 saturated heterocycles. The van der Waals surface area contributed by atoms with Crippen LogP contribution in [0.2, 0.25) is 0 Å². The van der Waals surface area contributed by atoms with Crippen LogP contribution in [0.15, 0.2) is 30.3 Å². The fraction of sp³-hybridized carbons (Fsp3) is 0.600. The van der Waals surface area contributed by atoms with Gasteiger partial charge in [0.25, 0.3) is 0 Å². The molecular formula is C15H21ClO. The van der Waals surface area contributed by atoms with Crippen molar-refractivity contribution in [2.75, 3.05) is 12.5 Å². The molecule has 0 bridgehead atoms. The first-order valence-corrected chi connectivity index (χ1v) is 7.02. The molecule has 1 aromatic rings. The van der Waals surface area contributed by atoms with E-state index in [0.29, 0.717) is 5.41 Å². The van der Waals surface area contributed by atoms with Gasteiger partial charge in [0, 0.05) is 5.88 Å². The van der Waals surface area contributed by atoms with E-state index in [1.54, 1.807) is 0 Å². The summed E-state index contributed by atoms with van der Waals surface area (Å²) in [5.41, 5.74) is 0.335. The van der Waals surface area contributed by atoms with Crippen LogP contribution in [0.3, 0.4) is 0 Å². The molecule has 1 fully saturated rings. The maximum Gasteiger partial charge on any atom is 0.119 e. The fourth-order valence-corrected chi connectivity index (χ4v) is 2.69. The average Bonchev–Trinajstić information content (AvgIpc) is 3.20. The SMILES string of the molecule is CC(CCl)(CCCOc1ccccc1)C1CC1. The molecule has 2 rings (SSSR count). The summed E-state index contributed by atoms with van der Waals surface area (Å²) in [7, 11) is 0. The molecule has 0 aromatic heterocycles. The van der Waals surface area contributed by atoms with Crippen LogP contribution in [-0.4, -0.2) is 12.5 Å². The summed E-state index contributed by atoms with van der Waals surface area (Å²) in [4.78, 5) is 0. The third-order valence-corrected chi connectivity index (χ3v) is 4.38. The molecule has 1 aromatic carbocycles. The lowest BCUT2D eigenvalue weighted by Gasteiger charge is -2.26. The van der Waals surface area contributed by atoms with Crippen molar-refractivity contribution < 1.29 is 4.74 Å². The van der Waals surface area contributed by atoms with Crippen molar-refractivity contribution in [1.29, 1.82) is 0 Å². The number of hydrogen-bond donors (Lipinski definition) is 0. The molecule has 1 unspecified atom stereocenters. The second kappa shape index (κ2) is 5.77. The van der Waals surface area contributed by atoms with E-state index in [9.17, 15) is 0 Å². The number of hydrogen-bond acceptors (Lipinski definition) is 1. The van der Waals surface area contributed by atoms with E-state index in [4.69, 9.17) is 16.3 Å². The van der Waals surface area contributed by atoms with Gasteiger partial charge in [0.1, 0.15) is 5.75 Å². The van der Waals surface area contributed by atoms with Crippen molar-refractivity contribution in [2.24, 2.45) is 11.3 Å². The maximum absolute atomic E-state index is 6.10. The largest absolute Gasteiger partial charge is 0.494 e. The van der Waals surface area contributed by atoms with Crippen molar-refractivity contribution in [1.82, 2.24) is 0 Å². The molecule has 1 aliphatic carbocycles. The van der Waals surface area contributed by atoms with Crippen LogP contribution < -0.4 is 4.74 Å². The van der Waals surface area contributed by atoms with Crippen LogP contribution in [-0.2, 0) is 0 Å². The van der Waals surface area contributed by atoms with Crippen molar-refractivity contribution in [3.8, 4) is 5.75 Å². The Kier molecular flexibility index (Phi) is 4.33. The molecule has 0 aliphatic heterocycles. The van der Waals surface area contributed by atoms with Crippen molar-refractivity contribution in [3.63, 3.8) is 0 Å². The topological polar surface area (TPSA) is 9.23 Å². The summed E-state index contributed by atoms with van der Waals surface area (Å²) in [5, 5.41) is 0. The van der Waals surface area contributed by atoms with E-state index < -0.39 is 0 Å². The highest BCUT2D eigenvalue weighted by Gasteiger charge is 2.40. The van der Waals surface area contributed by atoms with Crippen LogP contribution in [0.5, 0.6) is 5.75 Å². The van der Waals surface area contributed by atoms with Crippen LogP contribution in [0.25, 0.3) is 0 Å². The molecule has 0 heterocycles. The van der Waals surface area contributed by atoms with Crippen molar-refractivity contribution in [3.05, 3.63) is 30.3 Å². The van der Waals surface area contributed by atoms with Gasteiger partial charge in [-0.1, -0.05) is 25.1 Å². The number of rotatable bonds is 7. The number of benzene rings is 1. The molecule has 0 N–H and O–H groups in total. The van der Waals surface area contributed by atoms with E-state index in [2.05, 4.69) is 6.92 Å².